The maximum atomic E-state index is 11.9. The Morgan fingerprint density at radius 2 is 1.86 bits per heavy atom. The Hall–Kier alpha value is -0.520. The van der Waals surface area contributed by atoms with Gasteiger partial charge in [0.25, 0.3) is 5.91 Å². The maximum absolute atomic E-state index is 11.9. The first-order chi connectivity index (χ1) is 6.40. The van der Waals surface area contributed by atoms with Crippen LogP contribution in [0.1, 0.15) is 13.8 Å². The number of alkyl halides is 3. The van der Waals surface area contributed by atoms with Crippen LogP contribution in [-0.2, 0) is 9.59 Å². The predicted octanol–water partition coefficient (Wildman–Crippen LogP) is 1.36. The second-order valence-corrected chi connectivity index (χ2v) is 3.69. The zero-order valence-electron chi connectivity index (χ0n) is 7.89. The minimum absolute atomic E-state index is 0.0410. The minimum Gasteiger partial charge on any atom is -0.341 e. The SMILES string of the molecule is CC(C)C(NC(=O)C(F)F)C(=O)CBr. The van der Waals surface area contributed by atoms with Crippen LogP contribution >= 0.6 is 15.9 Å². The van der Waals surface area contributed by atoms with Crippen molar-refractivity contribution < 1.29 is 18.4 Å². The molecule has 3 nitrogen and oxygen atoms in total. The van der Waals surface area contributed by atoms with Crippen LogP contribution < -0.4 is 5.32 Å². The predicted molar refractivity (Wildman–Crippen MR) is 51.6 cm³/mol. The summed E-state index contributed by atoms with van der Waals surface area (Å²) < 4.78 is 23.8. The third kappa shape index (κ3) is 4.13. The van der Waals surface area contributed by atoms with Crippen LogP contribution in [-0.4, -0.2) is 29.5 Å². The molecule has 0 aliphatic heterocycles. The van der Waals surface area contributed by atoms with Gasteiger partial charge in [-0.1, -0.05) is 29.8 Å². The molecule has 6 heteroatoms. The van der Waals surface area contributed by atoms with Crippen LogP contribution in [0.3, 0.4) is 0 Å². The molecule has 0 aromatic heterocycles. The summed E-state index contributed by atoms with van der Waals surface area (Å²) in [5.74, 6) is -1.92. The van der Waals surface area contributed by atoms with Gasteiger partial charge in [-0.15, -0.1) is 0 Å². The minimum atomic E-state index is -3.08. The van der Waals surface area contributed by atoms with E-state index >= 15 is 0 Å². The Labute approximate surface area is 89.4 Å². The fourth-order valence-corrected chi connectivity index (χ4v) is 1.27. The summed E-state index contributed by atoms with van der Waals surface area (Å²) in [4.78, 5) is 21.9. The van der Waals surface area contributed by atoms with Crippen molar-refractivity contribution in [1.29, 1.82) is 0 Å². The zero-order valence-corrected chi connectivity index (χ0v) is 9.48. The zero-order chi connectivity index (χ0) is 11.3. The van der Waals surface area contributed by atoms with Crippen LogP contribution in [0, 0.1) is 5.92 Å². The number of amides is 1. The Morgan fingerprint density at radius 3 is 2.14 bits per heavy atom. The number of Topliss-reactive ketones (excluding diaryl/α,β-unsaturated/α-hetero) is 1. The van der Waals surface area contributed by atoms with Gasteiger partial charge in [0, 0.05) is 0 Å². The molecule has 0 saturated carbocycles. The lowest BCUT2D eigenvalue weighted by Crippen LogP contribution is -2.47. The molecule has 0 aliphatic carbocycles. The third-order valence-corrected chi connectivity index (χ3v) is 2.19. The topological polar surface area (TPSA) is 46.2 Å². The van der Waals surface area contributed by atoms with Crippen molar-refractivity contribution in [3.63, 3.8) is 0 Å². The van der Waals surface area contributed by atoms with E-state index in [1.54, 1.807) is 13.8 Å². The Morgan fingerprint density at radius 1 is 1.36 bits per heavy atom. The van der Waals surface area contributed by atoms with Gasteiger partial charge in [-0.2, -0.15) is 8.78 Å². The van der Waals surface area contributed by atoms with Gasteiger partial charge in [-0.25, -0.2) is 0 Å². The van der Waals surface area contributed by atoms with Gasteiger partial charge in [0.1, 0.15) is 0 Å². The number of carbonyl (C=O) groups is 2. The van der Waals surface area contributed by atoms with E-state index in [4.69, 9.17) is 0 Å². The molecular weight excluding hydrogens is 260 g/mol. The van der Waals surface area contributed by atoms with Crippen LogP contribution in [0.15, 0.2) is 0 Å². The van der Waals surface area contributed by atoms with Crippen LogP contribution in [0.4, 0.5) is 8.78 Å². The van der Waals surface area contributed by atoms with Crippen molar-refractivity contribution in [2.45, 2.75) is 26.3 Å². The molecule has 0 aromatic rings. The van der Waals surface area contributed by atoms with Crippen LogP contribution in [0.25, 0.3) is 0 Å². The lowest BCUT2D eigenvalue weighted by Gasteiger charge is -2.19. The Kier molecular flexibility index (Phi) is 5.83. The van der Waals surface area contributed by atoms with Crippen LogP contribution in [0.2, 0.25) is 0 Å². The maximum Gasteiger partial charge on any atom is 0.315 e. The lowest BCUT2D eigenvalue weighted by atomic mass is 10.0. The number of hydrogen-bond donors (Lipinski definition) is 1. The summed E-state index contributed by atoms with van der Waals surface area (Å²) in [6.45, 7) is 3.36. The second-order valence-electron chi connectivity index (χ2n) is 3.13. The second kappa shape index (κ2) is 6.06. The Balaban J connectivity index is 4.38. The number of nitrogens with one attached hydrogen (secondary N) is 1. The molecule has 0 heterocycles. The summed E-state index contributed by atoms with van der Waals surface area (Å²) in [6.07, 6.45) is -3.08. The molecular formula is C8H12BrF2NO2. The Bertz CT molecular complexity index is 221. The first kappa shape index (κ1) is 13.5. The van der Waals surface area contributed by atoms with Gasteiger partial charge in [-0.3, -0.25) is 9.59 Å². The normalized spacial score (nSPS) is 13.1. The molecule has 14 heavy (non-hydrogen) atoms. The highest BCUT2D eigenvalue weighted by Crippen LogP contribution is 2.06. The third-order valence-electron chi connectivity index (χ3n) is 1.64. The molecule has 1 N–H and O–H groups in total. The van der Waals surface area contributed by atoms with E-state index in [9.17, 15) is 18.4 Å². The lowest BCUT2D eigenvalue weighted by molar-refractivity contribution is -0.135. The van der Waals surface area contributed by atoms with Gasteiger partial charge in [0.15, 0.2) is 5.78 Å². The molecule has 0 fully saturated rings. The highest BCUT2D eigenvalue weighted by Gasteiger charge is 2.26. The van der Waals surface area contributed by atoms with E-state index in [0.717, 1.165) is 0 Å². The molecule has 0 radical (unpaired) electrons. The van der Waals surface area contributed by atoms with Crippen molar-refractivity contribution >= 4 is 27.6 Å². The number of ketones is 1. The summed E-state index contributed by atoms with van der Waals surface area (Å²) >= 11 is 2.92. The molecule has 0 bridgehead atoms. The highest BCUT2D eigenvalue weighted by atomic mass is 79.9. The molecule has 1 amide bonds. The molecule has 1 atom stereocenters. The molecule has 0 spiro atoms. The van der Waals surface area contributed by atoms with Gasteiger partial charge in [0.05, 0.1) is 11.4 Å². The first-order valence-electron chi connectivity index (χ1n) is 4.07. The summed E-state index contributed by atoms with van der Waals surface area (Å²) in [7, 11) is 0. The average Bonchev–Trinajstić information content (AvgIpc) is 2.11. The van der Waals surface area contributed by atoms with Crippen molar-refractivity contribution in [3.05, 3.63) is 0 Å². The highest BCUT2D eigenvalue weighted by molar-refractivity contribution is 9.09. The molecule has 0 aromatic carbocycles. The van der Waals surface area contributed by atoms with Crippen molar-refractivity contribution in [1.82, 2.24) is 5.32 Å². The van der Waals surface area contributed by atoms with Gasteiger partial charge in [-0.05, 0) is 5.92 Å². The van der Waals surface area contributed by atoms with Crippen molar-refractivity contribution in [3.8, 4) is 0 Å². The number of halogens is 3. The molecule has 82 valence electrons. The first-order valence-corrected chi connectivity index (χ1v) is 5.19. The van der Waals surface area contributed by atoms with Crippen LogP contribution in [0.5, 0.6) is 0 Å². The van der Waals surface area contributed by atoms with E-state index < -0.39 is 18.4 Å². The smallest absolute Gasteiger partial charge is 0.315 e. The van der Waals surface area contributed by atoms with E-state index in [1.807, 2.05) is 5.32 Å². The fourth-order valence-electron chi connectivity index (χ4n) is 0.918. The molecule has 0 rings (SSSR count). The monoisotopic (exact) mass is 271 g/mol. The molecule has 1 unspecified atom stereocenters. The summed E-state index contributed by atoms with van der Waals surface area (Å²) in [5.41, 5.74) is 0. The largest absolute Gasteiger partial charge is 0.341 e. The molecule has 0 saturated heterocycles. The van der Waals surface area contributed by atoms with Crippen molar-refractivity contribution in [2.75, 3.05) is 5.33 Å². The van der Waals surface area contributed by atoms with E-state index in [-0.39, 0.29) is 17.0 Å². The quantitative estimate of drug-likeness (QED) is 0.768. The summed E-state index contributed by atoms with van der Waals surface area (Å²) in [6, 6.07) is -0.851. The van der Waals surface area contributed by atoms with E-state index in [1.165, 1.54) is 0 Å². The number of hydrogen-bond acceptors (Lipinski definition) is 2. The van der Waals surface area contributed by atoms with Gasteiger partial charge >= 0.3 is 6.43 Å². The summed E-state index contributed by atoms with van der Waals surface area (Å²) in [5, 5.41) is 2.04. The standard InChI is InChI=1S/C8H12BrF2NO2/c1-4(2)6(5(13)3-9)12-8(14)7(10)11/h4,6-7H,3H2,1-2H3,(H,12,14). The van der Waals surface area contributed by atoms with E-state index in [2.05, 4.69) is 15.9 Å². The molecule has 0 aliphatic rings. The van der Waals surface area contributed by atoms with Gasteiger partial charge < -0.3 is 5.32 Å². The van der Waals surface area contributed by atoms with E-state index in [0.29, 0.717) is 0 Å². The fraction of sp³-hybridized carbons (Fsp3) is 0.750. The number of carbonyl (C=O) groups excluding carboxylic acids is 2. The van der Waals surface area contributed by atoms with Gasteiger partial charge in [0.2, 0.25) is 0 Å². The average molecular weight is 272 g/mol. The number of rotatable bonds is 5. The van der Waals surface area contributed by atoms with Crippen molar-refractivity contribution in [2.24, 2.45) is 5.92 Å².